The number of fused-ring (bicyclic) bond motifs is 1. The Labute approximate surface area is 210 Å². The third kappa shape index (κ3) is 4.82. The fourth-order valence-corrected chi connectivity index (χ4v) is 4.57. The zero-order valence-corrected chi connectivity index (χ0v) is 20.4. The van der Waals surface area contributed by atoms with Crippen molar-refractivity contribution in [1.82, 2.24) is 9.78 Å². The molecule has 0 saturated heterocycles. The predicted molar refractivity (Wildman–Crippen MR) is 140 cm³/mol. The molecule has 1 heterocycles. The van der Waals surface area contributed by atoms with Crippen LogP contribution in [0.25, 0.3) is 22.0 Å². The molecule has 5 rings (SSSR count). The van der Waals surface area contributed by atoms with E-state index in [0.29, 0.717) is 24.0 Å². The number of hydrogen-bond donors (Lipinski definition) is 2. The molecule has 0 spiro atoms. The highest BCUT2D eigenvalue weighted by Crippen LogP contribution is 2.36. The number of nitrogen functional groups attached to an aromatic ring is 1. The number of nitrogens with one attached hydrogen (secondary N) is 1. The standard InChI is InChI=1S/C29H30N4O3/c1-2-35-28(34)17-21-7-3-4-12-27(21)36-18-25-24-16-20(19-8-5-9-22(15-19)29(30)31)13-14-26(24)33(32-25)23-10-6-11-23/h3-5,7-9,12-16,23H,2,6,10-11,17-18H2,1H3,(H3,30,31). The van der Waals surface area contributed by atoms with E-state index in [1.807, 2.05) is 48.5 Å². The van der Waals surface area contributed by atoms with Gasteiger partial charge in [0.25, 0.3) is 0 Å². The topological polar surface area (TPSA) is 103 Å². The molecule has 1 fully saturated rings. The van der Waals surface area contributed by atoms with Crippen molar-refractivity contribution in [3.05, 3.63) is 83.6 Å². The number of carbonyl (C=O) groups excluding carboxylic acids is 1. The van der Waals surface area contributed by atoms with Gasteiger partial charge in [-0.3, -0.25) is 14.9 Å². The molecule has 0 radical (unpaired) electrons. The van der Waals surface area contributed by atoms with Gasteiger partial charge in [0.1, 0.15) is 23.9 Å². The monoisotopic (exact) mass is 482 g/mol. The van der Waals surface area contributed by atoms with Crippen LogP contribution in [0.3, 0.4) is 0 Å². The van der Waals surface area contributed by atoms with Gasteiger partial charge in [-0.05, 0) is 61.6 Å². The molecule has 3 aromatic carbocycles. The van der Waals surface area contributed by atoms with E-state index in [9.17, 15) is 4.79 Å². The van der Waals surface area contributed by atoms with Crippen molar-refractivity contribution in [1.29, 1.82) is 5.41 Å². The van der Waals surface area contributed by atoms with Crippen LogP contribution in [0.2, 0.25) is 0 Å². The lowest BCUT2D eigenvalue weighted by Gasteiger charge is -2.26. The quantitative estimate of drug-likeness (QED) is 0.189. The number of benzene rings is 3. The van der Waals surface area contributed by atoms with E-state index < -0.39 is 0 Å². The Kier molecular flexibility index (Phi) is 6.71. The summed E-state index contributed by atoms with van der Waals surface area (Å²) in [6, 6.07) is 22.0. The van der Waals surface area contributed by atoms with Crippen LogP contribution in [0, 0.1) is 5.41 Å². The van der Waals surface area contributed by atoms with Gasteiger partial charge in [-0.15, -0.1) is 0 Å². The Bertz CT molecular complexity index is 1420. The Morgan fingerprint density at radius 2 is 1.89 bits per heavy atom. The molecular formula is C29H30N4O3. The minimum Gasteiger partial charge on any atom is -0.487 e. The molecule has 36 heavy (non-hydrogen) atoms. The van der Waals surface area contributed by atoms with Gasteiger partial charge in [-0.25, -0.2) is 0 Å². The Balaban J connectivity index is 1.48. The summed E-state index contributed by atoms with van der Waals surface area (Å²) in [5.41, 5.74) is 11.2. The van der Waals surface area contributed by atoms with Gasteiger partial charge < -0.3 is 15.2 Å². The van der Waals surface area contributed by atoms with Crippen molar-refractivity contribution in [2.24, 2.45) is 5.73 Å². The lowest BCUT2D eigenvalue weighted by Crippen LogP contribution is -2.18. The van der Waals surface area contributed by atoms with Crippen LogP contribution in [-0.4, -0.2) is 28.2 Å². The van der Waals surface area contributed by atoms with Crippen LogP contribution >= 0.6 is 0 Å². The molecule has 1 saturated carbocycles. The van der Waals surface area contributed by atoms with E-state index >= 15 is 0 Å². The average molecular weight is 483 g/mol. The number of esters is 1. The maximum Gasteiger partial charge on any atom is 0.310 e. The molecule has 4 aromatic rings. The summed E-state index contributed by atoms with van der Waals surface area (Å²) in [5.74, 6) is 0.430. The number of hydrogen-bond acceptors (Lipinski definition) is 5. The first-order valence-electron chi connectivity index (χ1n) is 12.4. The molecule has 7 heteroatoms. The highest BCUT2D eigenvalue weighted by Gasteiger charge is 2.24. The first-order chi connectivity index (χ1) is 17.5. The third-order valence-corrected chi connectivity index (χ3v) is 6.69. The fraction of sp³-hybridized carbons (Fsp3) is 0.276. The van der Waals surface area contributed by atoms with Crippen LogP contribution in [0.1, 0.15) is 49.0 Å². The molecule has 0 bridgehead atoms. The van der Waals surface area contributed by atoms with Crippen LogP contribution in [0.15, 0.2) is 66.7 Å². The highest BCUT2D eigenvalue weighted by molar-refractivity contribution is 5.96. The SMILES string of the molecule is CCOC(=O)Cc1ccccc1OCc1nn(C2CCC2)c2ccc(-c3cccc(C(=N)N)c3)cc12. The van der Waals surface area contributed by atoms with Gasteiger partial charge >= 0.3 is 5.97 Å². The smallest absolute Gasteiger partial charge is 0.310 e. The van der Waals surface area contributed by atoms with E-state index in [1.54, 1.807) is 6.92 Å². The maximum atomic E-state index is 12.1. The van der Waals surface area contributed by atoms with Crippen LogP contribution < -0.4 is 10.5 Å². The van der Waals surface area contributed by atoms with Gasteiger partial charge in [0.05, 0.1) is 24.6 Å². The molecule has 0 aliphatic heterocycles. The van der Waals surface area contributed by atoms with Gasteiger partial charge in [-0.2, -0.15) is 5.10 Å². The van der Waals surface area contributed by atoms with Crippen LogP contribution in [0.5, 0.6) is 5.75 Å². The van der Waals surface area contributed by atoms with Gasteiger partial charge in [0, 0.05) is 16.5 Å². The number of amidine groups is 1. The minimum absolute atomic E-state index is 0.0475. The van der Waals surface area contributed by atoms with E-state index in [0.717, 1.165) is 46.1 Å². The molecule has 0 atom stereocenters. The highest BCUT2D eigenvalue weighted by atomic mass is 16.5. The van der Waals surface area contributed by atoms with E-state index in [2.05, 4.69) is 22.9 Å². The largest absolute Gasteiger partial charge is 0.487 e. The Morgan fingerprint density at radius 1 is 1.08 bits per heavy atom. The van der Waals surface area contributed by atoms with Crippen molar-refractivity contribution < 1.29 is 14.3 Å². The number of para-hydroxylation sites is 1. The van der Waals surface area contributed by atoms with Gasteiger partial charge in [0.15, 0.2) is 0 Å². The van der Waals surface area contributed by atoms with E-state index in [-0.39, 0.29) is 24.8 Å². The van der Waals surface area contributed by atoms with Crippen LogP contribution in [-0.2, 0) is 22.6 Å². The first kappa shape index (κ1) is 23.6. The molecule has 7 nitrogen and oxygen atoms in total. The molecule has 3 N–H and O–H groups in total. The number of aromatic nitrogens is 2. The van der Waals surface area contributed by atoms with Crippen molar-refractivity contribution in [3.8, 4) is 16.9 Å². The van der Waals surface area contributed by atoms with Crippen molar-refractivity contribution >= 4 is 22.7 Å². The lowest BCUT2D eigenvalue weighted by atomic mass is 9.93. The number of carbonyl (C=O) groups is 1. The normalized spacial score (nSPS) is 13.4. The molecule has 1 aliphatic rings. The number of nitrogens with zero attached hydrogens (tertiary/aromatic N) is 2. The molecule has 0 amide bonds. The second-order valence-corrected chi connectivity index (χ2v) is 9.08. The van der Waals surface area contributed by atoms with E-state index in [1.165, 1.54) is 6.42 Å². The third-order valence-electron chi connectivity index (χ3n) is 6.69. The maximum absolute atomic E-state index is 12.1. The molecule has 1 aliphatic carbocycles. The molecule has 184 valence electrons. The lowest BCUT2D eigenvalue weighted by molar-refractivity contribution is -0.142. The summed E-state index contributed by atoms with van der Waals surface area (Å²) in [5, 5.41) is 13.8. The van der Waals surface area contributed by atoms with Crippen molar-refractivity contribution in [3.63, 3.8) is 0 Å². The molecular weight excluding hydrogens is 452 g/mol. The Hall–Kier alpha value is -4.13. The summed E-state index contributed by atoms with van der Waals surface area (Å²) >= 11 is 0. The van der Waals surface area contributed by atoms with Crippen LogP contribution in [0.4, 0.5) is 0 Å². The summed E-state index contributed by atoms with van der Waals surface area (Å²) < 4.78 is 13.5. The summed E-state index contributed by atoms with van der Waals surface area (Å²) in [6.07, 6.45) is 3.64. The zero-order chi connectivity index (χ0) is 25.1. The fourth-order valence-electron chi connectivity index (χ4n) is 4.57. The first-order valence-corrected chi connectivity index (χ1v) is 12.4. The van der Waals surface area contributed by atoms with E-state index in [4.69, 9.17) is 25.7 Å². The van der Waals surface area contributed by atoms with Crippen molar-refractivity contribution in [2.75, 3.05) is 6.61 Å². The number of rotatable bonds is 9. The second-order valence-electron chi connectivity index (χ2n) is 9.08. The summed E-state index contributed by atoms with van der Waals surface area (Å²) in [4.78, 5) is 12.1. The molecule has 1 aromatic heterocycles. The molecule has 0 unspecified atom stereocenters. The predicted octanol–water partition coefficient (Wildman–Crippen LogP) is 5.40. The van der Waals surface area contributed by atoms with Gasteiger partial charge in [-0.1, -0.05) is 42.5 Å². The number of ether oxygens (including phenoxy) is 2. The minimum atomic E-state index is -0.273. The summed E-state index contributed by atoms with van der Waals surface area (Å²) in [6.45, 7) is 2.44. The Morgan fingerprint density at radius 3 is 2.64 bits per heavy atom. The second kappa shape index (κ2) is 10.2. The van der Waals surface area contributed by atoms with Crippen molar-refractivity contribution in [2.45, 2.75) is 45.3 Å². The summed E-state index contributed by atoms with van der Waals surface area (Å²) in [7, 11) is 0. The zero-order valence-electron chi connectivity index (χ0n) is 20.4. The average Bonchev–Trinajstić information content (AvgIpc) is 3.20. The number of nitrogens with two attached hydrogens (primary N) is 1. The van der Waals surface area contributed by atoms with Gasteiger partial charge in [0.2, 0.25) is 0 Å².